The third-order valence-electron chi connectivity index (χ3n) is 6.37. The van der Waals surface area contributed by atoms with Crippen LogP contribution in [0.1, 0.15) is 43.6 Å². The van der Waals surface area contributed by atoms with E-state index in [9.17, 15) is 9.59 Å². The van der Waals surface area contributed by atoms with Crippen molar-refractivity contribution in [3.63, 3.8) is 0 Å². The van der Waals surface area contributed by atoms with E-state index in [1.54, 1.807) is 11.1 Å². The fourth-order valence-corrected chi connectivity index (χ4v) is 4.70. The monoisotopic (exact) mass is 394 g/mol. The number of nitrogens with one attached hydrogen (secondary N) is 2. The Morgan fingerprint density at radius 2 is 1.86 bits per heavy atom. The molecule has 29 heavy (non-hydrogen) atoms. The lowest BCUT2D eigenvalue weighted by Crippen LogP contribution is -2.49. The standard InChI is InChI=1S/C22H26N4O3/c27-21-6-9-26(22(28)25-21)20-13-24-12-19-17(2-1-3-18(19)20)14-10-16(11-14)29-15-4-7-23-8-5-15/h1-3,12-16,23H,4-11H2,(H,25,27,28). The minimum Gasteiger partial charge on any atom is -0.375 e. The number of carbonyl (C=O) groups excluding carboxylic acids is 2. The van der Waals surface area contributed by atoms with Crippen LogP contribution in [-0.2, 0) is 9.53 Å². The molecular formula is C22H26N4O3. The zero-order valence-electron chi connectivity index (χ0n) is 16.4. The third kappa shape index (κ3) is 3.60. The number of anilines is 1. The summed E-state index contributed by atoms with van der Waals surface area (Å²) in [6.45, 7) is 2.48. The number of rotatable bonds is 4. The van der Waals surface area contributed by atoms with Crippen LogP contribution in [0.5, 0.6) is 0 Å². The second-order valence-electron chi connectivity index (χ2n) is 8.23. The van der Waals surface area contributed by atoms with Gasteiger partial charge in [0.05, 0.1) is 24.1 Å². The number of imide groups is 1. The number of aromatic nitrogens is 1. The Labute approximate surface area is 169 Å². The average Bonchev–Trinajstić information content (AvgIpc) is 2.71. The highest BCUT2D eigenvalue weighted by atomic mass is 16.5. The van der Waals surface area contributed by atoms with Crippen molar-refractivity contribution >= 4 is 28.4 Å². The van der Waals surface area contributed by atoms with E-state index in [1.165, 1.54) is 5.56 Å². The first kappa shape index (κ1) is 18.5. The number of ether oxygens (including phenoxy) is 1. The minimum atomic E-state index is -0.375. The Morgan fingerprint density at radius 3 is 2.66 bits per heavy atom. The molecule has 0 spiro atoms. The fourth-order valence-electron chi connectivity index (χ4n) is 4.70. The average molecular weight is 394 g/mol. The molecule has 3 aliphatic rings. The summed E-state index contributed by atoms with van der Waals surface area (Å²) in [5.74, 6) is 0.230. The number of urea groups is 1. The largest absolute Gasteiger partial charge is 0.375 e. The molecule has 2 aliphatic heterocycles. The summed E-state index contributed by atoms with van der Waals surface area (Å²) in [5, 5.41) is 7.86. The van der Waals surface area contributed by atoms with Crippen molar-refractivity contribution in [2.75, 3.05) is 24.5 Å². The third-order valence-corrected chi connectivity index (χ3v) is 6.37. The highest BCUT2D eigenvalue weighted by Crippen LogP contribution is 2.43. The molecule has 3 fully saturated rings. The van der Waals surface area contributed by atoms with Crippen LogP contribution in [0.25, 0.3) is 10.8 Å². The Bertz CT molecular complexity index is 935. The van der Waals surface area contributed by atoms with Crippen LogP contribution in [0, 0.1) is 0 Å². The number of hydrogen-bond donors (Lipinski definition) is 2. The maximum atomic E-state index is 12.3. The first-order chi connectivity index (χ1) is 14.2. The number of piperidine rings is 1. The summed E-state index contributed by atoms with van der Waals surface area (Å²) in [5.41, 5.74) is 2.03. The smallest absolute Gasteiger partial charge is 0.328 e. The van der Waals surface area contributed by atoms with Crippen LogP contribution >= 0.6 is 0 Å². The summed E-state index contributed by atoms with van der Waals surface area (Å²) in [6, 6.07) is 5.87. The molecule has 0 radical (unpaired) electrons. The van der Waals surface area contributed by atoms with E-state index in [1.807, 2.05) is 12.3 Å². The van der Waals surface area contributed by atoms with E-state index in [0.717, 1.165) is 55.2 Å². The molecule has 3 amide bonds. The minimum absolute atomic E-state index is 0.227. The van der Waals surface area contributed by atoms with Gasteiger partial charge in [0.25, 0.3) is 0 Å². The summed E-state index contributed by atoms with van der Waals surface area (Å²) in [7, 11) is 0. The molecule has 3 heterocycles. The van der Waals surface area contributed by atoms with Gasteiger partial charge >= 0.3 is 6.03 Å². The van der Waals surface area contributed by atoms with Crippen LogP contribution in [-0.4, -0.2) is 48.8 Å². The molecule has 0 atom stereocenters. The maximum absolute atomic E-state index is 12.3. The van der Waals surface area contributed by atoms with Crippen molar-refractivity contribution in [3.8, 4) is 0 Å². The first-order valence-electron chi connectivity index (χ1n) is 10.5. The van der Waals surface area contributed by atoms with Gasteiger partial charge in [0.2, 0.25) is 5.91 Å². The predicted octanol–water partition coefficient (Wildman–Crippen LogP) is 2.70. The fraction of sp³-hybridized carbons (Fsp3) is 0.500. The lowest BCUT2D eigenvalue weighted by atomic mass is 9.76. The van der Waals surface area contributed by atoms with Gasteiger partial charge in [-0.15, -0.1) is 0 Å². The number of carbonyl (C=O) groups is 2. The molecule has 1 aliphatic carbocycles. The summed E-state index contributed by atoms with van der Waals surface area (Å²) in [6.07, 6.45) is 8.91. The molecule has 2 saturated heterocycles. The van der Waals surface area contributed by atoms with Crippen molar-refractivity contribution in [1.82, 2.24) is 15.6 Å². The highest BCUT2D eigenvalue weighted by molar-refractivity contribution is 6.10. The Hall–Kier alpha value is -2.51. The van der Waals surface area contributed by atoms with E-state index < -0.39 is 0 Å². The first-order valence-corrected chi connectivity index (χ1v) is 10.5. The van der Waals surface area contributed by atoms with Gasteiger partial charge in [-0.05, 0) is 50.3 Å². The van der Waals surface area contributed by atoms with Crippen molar-refractivity contribution in [2.45, 2.75) is 50.2 Å². The second-order valence-corrected chi connectivity index (χ2v) is 8.23. The van der Waals surface area contributed by atoms with Gasteiger partial charge < -0.3 is 10.1 Å². The molecule has 5 rings (SSSR count). The SMILES string of the molecule is O=C1CCN(c2cncc3c(C4CC(OC5CCNCC5)C4)cccc23)C(=O)N1. The molecule has 2 N–H and O–H groups in total. The van der Waals surface area contributed by atoms with Crippen LogP contribution in [0.2, 0.25) is 0 Å². The molecule has 0 bridgehead atoms. The topological polar surface area (TPSA) is 83.6 Å². The molecule has 7 heteroatoms. The Kier molecular flexibility index (Phi) is 4.93. The molecule has 7 nitrogen and oxygen atoms in total. The quantitative estimate of drug-likeness (QED) is 0.833. The molecule has 1 saturated carbocycles. The number of benzene rings is 1. The van der Waals surface area contributed by atoms with Crippen molar-refractivity contribution in [2.24, 2.45) is 0 Å². The highest BCUT2D eigenvalue weighted by Gasteiger charge is 2.34. The van der Waals surface area contributed by atoms with Gasteiger partial charge in [0, 0.05) is 29.9 Å². The van der Waals surface area contributed by atoms with Crippen molar-refractivity contribution < 1.29 is 14.3 Å². The number of amides is 3. The zero-order valence-corrected chi connectivity index (χ0v) is 16.4. The number of pyridine rings is 1. The van der Waals surface area contributed by atoms with Gasteiger partial charge in [-0.2, -0.15) is 0 Å². The van der Waals surface area contributed by atoms with Crippen molar-refractivity contribution in [3.05, 3.63) is 36.2 Å². The zero-order chi connectivity index (χ0) is 19.8. The van der Waals surface area contributed by atoms with E-state index >= 15 is 0 Å². The second kappa shape index (κ2) is 7.72. The Morgan fingerprint density at radius 1 is 1.03 bits per heavy atom. The van der Waals surface area contributed by atoms with E-state index in [4.69, 9.17) is 4.74 Å². The summed E-state index contributed by atoms with van der Waals surface area (Å²) >= 11 is 0. The lowest BCUT2D eigenvalue weighted by Gasteiger charge is -2.39. The van der Waals surface area contributed by atoms with Crippen molar-refractivity contribution in [1.29, 1.82) is 0 Å². The molecule has 1 aromatic heterocycles. The van der Waals surface area contributed by atoms with Crippen LogP contribution in [0.3, 0.4) is 0 Å². The van der Waals surface area contributed by atoms with Gasteiger partial charge in [-0.3, -0.25) is 20.0 Å². The van der Waals surface area contributed by atoms with Crippen LogP contribution in [0.4, 0.5) is 10.5 Å². The molecule has 152 valence electrons. The van der Waals surface area contributed by atoms with E-state index in [0.29, 0.717) is 31.1 Å². The van der Waals surface area contributed by atoms with Gasteiger partial charge in [0.15, 0.2) is 0 Å². The molecular weight excluding hydrogens is 368 g/mol. The molecule has 2 aromatic rings. The Balaban J connectivity index is 1.35. The van der Waals surface area contributed by atoms with Gasteiger partial charge in [-0.1, -0.05) is 18.2 Å². The molecule has 0 unspecified atom stereocenters. The normalized spacial score (nSPS) is 25.7. The van der Waals surface area contributed by atoms with E-state index in [2.05, 4.69) is 27.8 Å². The number of hydrogen-bond acceptors (Lipinski definition) is 5. The summed E-state index contributed by atoms with van der Waals surface area (Å²) < 4.78 is 6.29. The van der Waals surface area contributed by atoms with Crippen LogP contribution in [0.15, 0.2) is 30.6 Å². The summed E-state index contributed by atoms with van der Waals surface area (Å²) in [4.78, 5) is 29.8. The molecule has 1 aromatic carbocycles. The predicted molar refractivity (Wildman–Crippen MR) is 110 cm³/mol. The number of nitrogens with zero attached hydrogens (tertiary/aromatic N) is 2. The van der Waals surface area contributed by atoms with Crippen LogP contribution < -0.4 is 15.5 Å². The van der Waals surface area contributed by atoms with E-state index in [-0.39, 0.29) is 11.9 Å². The lowest BCUT2D eigenvalue weighted by molar-refractivity contribution is -0.120. The maximum Gasteiger partial charge on any atom is 0.328 e. The van der Waals surface area contributed by atoms with Gasteiger partial charge in [0.1, 0.15) is 0 Å². The number of fused-ring (bicyclic) bond motifs is 1. The van der Waals surface area contributed by atoms with Gasteiger partial charge in [-0.25, -0.2) is 4.79 Å².